The third-order valence-electron chi connectivity index (χ3n) is 6.24. The highest BCUT2D eigenvalue weighted by molar-refractivity contribution is 7.89. The van der Waals surface area contributed by atoms with Gasteiger partial charge in [0.05, 0.1) is 25.0 Å². The van der Waals surface area contributed by atoms with Gasteiger partial charge < -0.3 is 15.0 Å². The fourth-order valence-electron chi connectivity index (χ4n) is 4.78. The molecule has 2 aliphatic heterocycles. The Morgan fingerprint density at radius 3 is 2.74 bits per heavy atom. The Balaban J connectivity index is 1.62. The van der Waals surface area contributed by atoms with Gasteiger partial charge in [-0.25, -0.2) is 17.8 Å². The minimum atomic E-state index is -3.81. The van der Waals surface area contributed by atoms with Gasteiger partial charge in [-0.1, -0.05) is 18.2 Å². The molecule has 1 fully saturated rings. The van der Waals surface area contributed by atoms with Crippen LogP contribution >= 0.6 is 0 Å². The molecule has 2 N–H and O–H groups in total. The van der Waals surface area contributed by atoms with Gasteiger partial charge in [-0.2, -0.15) is 4.31 Å². The van der Waals surface area contributed by atoms with Crippen LogP contribution in [-0.4, -0.2) is 46.6 Å². The Kier molecular flexibility index (Phi) is 4.84. The van der Waals surface area contributed by atoms with Gasteiger partial charge in [0.2, 0.25) is 0 Å². The Hall–Kier alpha value is -2.75. The number of aliphatic hydroxyl groups is 1. The minimum absolute atomic E-state index is 0.0116. The van der Waals surface area contributed by atoms with Crippen LogP contribution in [0.2, 0.25) is 0 Å². The zero-order valence-corrected chi connectivity index (χ0v) is 17.8. The summed E-state index contributed by atoms with van der Waals surface area (Å²) in [6.45, 7) is 0.250. The monoisotopic (exact) mass is 442 g/mol. The summed E-state index contributed by atoms with van der Waals surface area (Å²) in [6.07, 6.45) is 3.59. The highest BCUT2D eigenvalue weighted by Gasteiger charge is 2.49. The van der Waals surface area contributed by atoms with E-state index in [0.29, 0.717) is 13.0 Å². The molecule has 0 radical (unpaired) electrons. The maximum atomic E-state index is 13.8. The fraction of sp³-hybridized carbons (Fsp3) is 0.318. The summed E-state index contributed by atoms with van der Waals surface area (Å²) in [5, 5.41) is 13.3. The van der Waals surface area contributed by atoms with Gasteiger partial charge >= 0.3 is 0 Å². The lowest BCUT2D eigenvalue weighted by Crippen LogP contribution is -2.42. The van der Waals surface area contributed by atoms with Crippen LogP contribution in [0.1, 0.15) is 18.0 Å². The van der Waals surface area contributed by atoms with Gasteiger partial charge in [-0.15, -0.1) is 0 Å². The van der Waals surface area contributed by atoms with E-state index in [1.54, 1.807) is 17.7 Å². The Morgan fingerprint density at radius 2 is 2.03 bits per heavy atom. The third-order valence-corrected chi connectivity index (χ3v) is 8.00. The molecule has 0 aliphatic carbocycles. The fourth-order valence-corrected chi connectivity index (χ4v) is 6.41. The standard InChI is InChI=1S/C22H23FN4O3S/c1-26-11-21(24-13-26)31(29,30)27-8-7-17-20(12-28)25-19-6-5-15(10-18(19)22(17)27)14-3-2-4-16(23)9-14/h2-6,9-11,13,17,20,22,25,28H,7-8,12H2,1H3/t17-,20-,22-/m1/s1. The number of benzene rings is 2. The van der Waals surface area contributed by atoms with Crippen molar-refractivity contribution in [1.29, 1.82) is 0 Å². The predicted molar refractivity (Wildman–Crippen MR) is 114 cm³/mol. The molecule has 0 spiro atoms. The molecule has 0 bridgehead atoms. The van der Waals surface area contributed by atoms with Crippen molar-refractivity contribution in [3.8, 4) is 11.1 Å². The van der Waals surface area contributed by atoms with Crippen molar-refractivity contribution >= 4 is 15.7 Å². The van der Waals surface area contributed by atoms with Gasteiger partial charge in [-0.3, -0.25) is 0 Å². The molecule has 1 saturated heterocycles. The van der Waals surface area contributed by atoms with Crippen molar-refractivity contribution in [3.05, 3.63) is 66.4 Å². The van der Waals surface area contributed by atoms with E-state index in [2.05, 4.69) is 10.3 Å². The summed E-state index contributed by atoms with van der Waals surface area (Å²) in [7, 11) is -2.09. The molecular weight excluding hydrogens is 419 g/mol. The van der Waals surface area contributed by atoms with E-state index in [-0.39, 0.29) is 29.4 Å². The molecule has 1 aromatic heterocycles. The number of halogens is 1. The summed E-state index contributed by atoms with van der Waals surface area (Å²) in [4.78, 5) is 4.07. The molecule has 2 aliphatic rings. The number of sulfonamides is 1. The predicted octanol–water partition coefficient (Wildman–Crippen LogP) is 2.76. The molecule has 31 heavy (non-hydrogen) atoms. The Bertz CT molecular complexity index is 1240. The first-order valence-corrected chi connectivity index (χ1v) is 11.6. The lowest BCUT2D eigenvalue weighted by molar-refractivity contribution is 0.210. The average molecular weight is 443 g/mol. The van der Waals surface area contributed by atoms with Crippen LogP contribution in [0.5, 0.6) is 0 Å². The maximum absolute atomic E-state index is 13.8. The molecule has 0 saturated carbocycles. The zero-order valence-electron chi connectivity index (χ0n) is 16.9. The number of nitrogens with one attached hydrogen (secondary N) is 1. The minimum Gasteiger partial charge on any atom is -0.394 e. The molecule has 162 valence electrons. The van der Waals surface area contributed by atoms with E-state index in [1.807, 2.05) is 24.3 Å². The van der Waals surface area contributed by atoms with Gasteiger partial charge in [0, 0.05) is 31.4 Å². The van der Waals surface area contributed by atoms with Crippen LogP contribution in [0.25, 0.3) is 11.1 Å². The van der Waals surface area contributed by atoms with E-state index in [4.69, 9.17) is 0 Å². The Labute approximate surface area is 180 Å². The quantitative estimate of drug-likeness (QED) is 0.649. The van der Waals surface area contributed by atoms with Crippen LogP contribution in [0.4, 0.5) is 10.1 Å². The number of aryl methyl sites for hydroxylation is 1. The SMILES string of the molecule is Cn1cnc(S(=O)(=O)N2CC[C@@H]3[C@@H](CO)Nc4ccc(-c5cccc(F)c5)cc4[C@@H]32)c1. The number of aliphatic hydroxyl groups excluding tert-OH is 1. The summed E-state index contributed by atoms with van der Waals surface area (Å²) < 4.78 is 43.7. The second-order valence-corrected chi connectivity index (χ2v) is 9.97. The summed E-state index contributed by atoms with van der Waals surface area (Å²) in [5.41, 5.74) is 3.14. The molecule has 0 unspecified atom stereocenters. The van der Waals surface area contributed by atoms with Crippen LogP contribution in [0.3, 0.4) is 0 Å². The van der Waals surface area contributed by atoms with Crippen LogP contribution in [0, 0.1) is 11.7 Å². The largest absolute Gasteiger partial charge is 0.394 e. The summed E-state index contributed by atoms with van der Waals surface area (Å²) in [6, 6.07) is 11.3. The number of hydrogen-bond donors (Lipinski definition) is 2. The second kappa shape index (κ2) is 7.44. The molecule has 9 heteroatoms. The first-order valence-electron chi connectivity index (χ1n) is 10.2. The molecular formula is C22H23FN4O3S. The lowest BCUT2D eigenvalue weighted by Gasteiger charge is -2.38. The van der Waals surface area contributed by atoms with Crippen molar-refractivity contribution < 1.29 is 17.9 Å². The van der Waals surface area contributed by atoms with Crippen LogP contribution < -0.4 is 5.32 Å². The van der Waals surface area contributed by atoms with Crippen molar-refractivity contribution in [3.63, 3.8) is 0 Å². The molecule has 0 amide bonds. The highest BCUT2D eigenvalue weighted by Crippen LogP contribution is 2.49. The first-order chi connectivity index (χ1) is 14.9. The van der Waals surface area contributed by atoms with Gasteiger partial charge in [0.1, 0.15) is 5.82 Å². The topological polar surface area (TPSA) is 87.5 Å². The molecule has 3 heterocycles. The van der Waals surface area contributed by atoms with E-state index >= 15 is 0 Å². The zero-order chi connectivity index (χ0) is 21.8. The summed E-state index contributed by atoms with van der Waals surface area (Å²) >= 11 is 0. The smallest absolute Gasteiger partial charge is 0.262 e. The van der Waals surface area contributed by atoms with E-state index in [0.717, 1.165) is 22.4 Å². The number of fused-ring (bicyclic) bond motifs is 3. The van der Waals surface area contributed by atoms with Crippen molar-refractivity contribution in [2.45, 2.75) is 23.5 Å². The number of nitrogens with zero attached hydrogens (tertiary/aromatic N) is 3. The normalized spacial score (nSPS) is 23.3. The van der Waals surface area contributed by atoms with E-state index < -0.39 is 16.1 Å². The summed E-state index contributed by atoms with van der Waals surface area (Å²) in [5.74, 6) is -0.412. The molecule has 5 rings (SSSR count). The number of aromatic nitrogens is 2. The molecule has 2 aromatic carbocycles. The Morgan fingerprint density at radius 1 is 1.23 bits per heavy atom. The van der Waals surface area contributed by atoms with E-state index in [9.17, 15) is 17.9 Å². The van der Waals surface area contributed by atoms with Gasteiger partial charge in [0.25, 0.3) is 10.0 Å². The second-order valence-electron chi connectivity index (χ2n) is 8.14. The number of hydrogen-bond acceptors (Lipinski definition) is 5. The van der Waals surface area contributed by atoms with Crippen LogP contribution in [0.15, 0.2) is 60.0 Å². The van der Waals surface area contributed by atoms with E-state index in [1.165, 1.54) is 29.0 Å². The van der Waals surface area contributed by atoms with Gasteiger partial charge in [-0.05, 0) is 47.4 Å². The average Bonchev–Trinajstić information content (AvgIpc) is 3.40. The van der Waals surface area contributed by atoms with Crippen molar-refractivity contribution in [2.24, 2.45) is 13.0 Å². The van der Waals surface area contributed by atoms with Gasteiger partial charge in [0.15, 0.2) is 5.03 Å². The third kappa shape index (κ3) is 3.33. The van der Waals surface area contributed by atoms with Crippen molar-refractivity contribution in [2.75, 3.05) is 18.5 Å². The number of imidazole rings is 1. The maximum Gasteiger partial charge on any atom is 0.262 e. The molecule has 3 atom stereocenters. The number of rotatable bonds is 4. The molecule has 3 aromatic rings. The molecule has 7 nitrogen and oxygen atoms in total. The first kappa shape index (κ1) is 20.2. The van der Waals surface area contributed by atoms with Crippen LogP contribution in [-0.2, 0) is 17.1 Å². The number of anilines is 1. The highest BCUT2D eigenvalue weighted by atomic mass is 32.2. The van der Waals surface area contributed by atoms with Crippen molar-refractivity contribution in [1.82, 2.24) is 13.9 Å². The lowest BCUT2D eigenvalue weighted by atomic mass is 9.82.